The maximum Gasteiger partial charge on any atom is 0.231 e. The summed E-state index contributed by atoms with van der Waals surface area (Å²) in [6, 6.07) is 5.73. The third-order valence-corrected chi connectivity index (χ3v) is 4.37. The van der Waals surface area contributed by atoms with E-state index in [9.17, 15) is 5.11 Å². The van der Waals surface area contributed by atoms with Gasteiger partial charge >= 0.3 is 0 Å². The molecule has 0 aliphatic carbocycles. The number of ether oxygens (including phenoxy) is 3. The fraction of sp³-hybridized carbons (Fsp3) is 0.647. The highest BCUT2D eigenvalue weighted by Gasteiger charge is 2.19. The fourth-order valence-electron chi connectivity index (χ4n) is 3.03. The van der Waals surface area contributed by atoms with Crippen molar-refractivity contribution in [3.05, 3.63) is 23.8 Å². The molecule has 2 heterocycles. The Labute approximate surface area is 166 Å². The molecule has 7 nitrogen and oxygen atoms in total. The Bertz CT molecular complexity index is 530. The highest BCUT2D eigenvalue weighted by molar-refractivity contribution is 5.85. The number of β-amino-alcohol motifs (C(OH)–C–C–N with tert-alkyl or cyclic N) is 2. The molecule has 0 radical (unpaired) electrons. The number of hydrogen-bond acceptors (Lipinski definition) is 7. The molecule has 9 heteroatoms. The zero-order chi connectivity index (χ0) is 16.8. The molecule has 2 aliphatic rings. The van der Waals surface area contributed by atoms with Crippen molar-refractivity contribution >= 4 is 24.8 Å². The highest BCUT2D eigenvalue weighted by atomic mass is 35.5. The molecule has 1 atom stereocenters. The molecule has 0 saturated carbocycles. The number of benzene rings is 1. The molecule has 2 aliphatic heterocycles. The van der Waals surface area contributed by atoms with E-state index in [1.54, 1.807) is 0 Å². The van der Waals surface area contributed by atoms with Gasteiger partial charge in [0.1, 0.15) is 0 Å². The first-order valence-electron chi connectivity index (χ1n) is 8.44. The quantitative estimate of drug-likeness (QED) is 0.654. The van der Waals surface area contributed by atoms with Crippen molar-refractivity contribution in [1.29, 1.82) is 0 Å². The third-order valence-electron chi connectivity index (χ3n) is 4.37. The van der Waals surface area contributed by atoms with Crippen LogP contribution < -0.4 is 9.47 Å². The number of aliphatic hydroxyl groups excluding tert-OH is 2. The van der Waals surface area contributed by atoms with Gasteiger partial charge < -0.3 is 24.4 Å². The van der Waals surface area contributed by atoms with Crippen LogP contribution in [0.5, 0.6) is 11.5 Å². The lowest BCUT2D eigenvalue weighted by Crippen LogP contribution is -2.49. The van der Waals surface area contributed by atoms with Crippen LogP contribution in [0.2, 0.25) is 0 Å². The first kappa shape index (κ1) is 23.2. The average Bonchev–Trinajstić information content (AvgIpc) is 3.05. The number of piperazine rings is 1. The van der Waals surface area contributed by atoms with Crippen molar-refractivity contribution in [2.24, 2.45) is 0 Å². The molecule has 0 spiro atoms. The van der Waals surface area contributed by atoms with Gasteiger partial charge in [-0.3, -0.25) is 9.80 Å². The SMILES string of the molecule is Cl.Cl.OCCN1CCN(CC(O)COCc2ccc3c(c2)OCO3)CC1. The van der Waals surface area contributed by atoms with E-state index in [0.717, 1.165) is 49.8 Å². The number of halogens is 2. The predicted molar refractivity (Wildman–Crippen MR) is 103 cm³/mol. The minimum Gasteiger partial charge on any atom is -0.454 e. The van der Waals surface area contributed by atoms with Gasteiger partial charge in [0.05, 0.1) is 25.9 Å². The van der Waals surface area contributed by atoms with Crippen molar-refractivity contribution in [2.45, 2.75) is 12.7 Å². The Balaban J connectivity index is 0.00000169. The summed E-state index contributed by atoms with van der Waals surface area (Å²) in [5, 5.41) is 19.1. The minimum absolute atomic E-state index is 0. The van der Waals surface area contributed by atoms with E-state index < -0.39 is 6.10 Å². The summed E-state index contributed by atoms with van der Waals surface area (Å²) in [6.07, 6.45) is -0.497. The molecule has 26 heavy (non-hydrogen) atoms. The van der Waals surface area contributed by atoms with Crippen molar-refractivity contribution in [3.8, 4) is 11.5 Å². The minimum atomic E-state index is -0.497. The van der Waals surface area contributed by atoms with E-state index in [2.05, 4.69) is 9.80 Å². The van der Waals surface area contributed by atoms with Crippen LogP contribution in [-0.2, 0) is 11.3 Å². The fourth-order valence-corrected chi connectivity index (χ4v) is 3.03. The van der Waals surface area contributed by atoms with Gasteiger partial charge in [0.15, 0.2) is 11.5 Å². The molecule has 0 bridgehead atoms. The van der Waals surface area contributed by atoms with Gasteiger partial charge in [0, 0.05) is 39.3 Å². The molecule has 1 unspecified atom stereocenters. The van der Waals surface area contributed by atoms with Crippen LogP contribution in [0, 0.1) is 0 Å². The van der Waals surface area contributed by atoms with E-state index >= 15 is 0 Å². The first-order valence-corrected chi connectivity index (χ1v) is 8.44. The van der Waals surface area contributed by atoms with E-state index in [4.69, 9.17) is 19.3 Å². The monoisotopic (exact) mass is 410 g/mol. The Morgan fingerprint density at radius 1 is 1.04 bits per heavy atom. The van der Waals surface area contributed by atoms with Crippen LogP contribution in [0.3, 0.4) is 0 Å². The number of nitrogens with zero attached hydrogens (tertiary/aromatic N) is 2. The Morgan fingerprint density at radius 2 is 1.73 bits per heavy atom. The molecule has 0 aromatic heterocycles. The molecule has 0 amide bonds. The second-order valence-corrected chi connectivity index (χ2v) is 6.22. The first-order chi connectivity index (χ1) is 11.7. The Hall–Kier alpha value is -0.800. The van der Waals surface area contributed by atoms with Crippen LogP contribution in [0.4, 0.5) is 0 Å². The standard InChI is InChI=1S/C17H26N2O5.2ClH/c20-8-7-18-3-5-19(6-4-18)10-15(21)12-22-11-14-1-2-16-17(9-14)24-13-23-16;;/h1-2,9,15,20-21H,3-8,10-13H2;2*1H. The van der Waals surface area contributed by atoms with Crippen LogP contribution >= 0.6 is 24.8 Å². The zero-order valence-corrected chi connectivity index (χ0v) is 16.3. The second-order valence-electron chi connectivity index (χ2n) is 6.22. The lowest BCUT2D eigenvalue weighted by Gasteiger charge is -2.35. The van der Waals surface area contributed by atoms with Gasteiger partial charge in [0.2, 0.25) is 6.79 Å². The highest BCUT2D eigenvalue weighted by Crippen LogP contribution is 2.32. The van der Waals surface area contributed by atoms with Gasteiger partial charge in [-0.05, 0) is 17.7 Å². The van der Waals surface area contributed by atoms with Crippen molar-refractivity contribution in [1.82, 2.24) is 9.80 Å². The molecular formula is C17H28Cl2N2O5. The summed E-state index contributed by atoms with van der Waals surface area (Å²) in [5.41, 5.74) is 1.00. The van der Waals surface area contributed by atoms with E-state index in [-0.39, 0.29) is 38.2 Å². The molecular weight excluding hydrogens is 383 g/mol. The molecule has 150 valence electrons. The van der Waals surface area contributed by atoms with E-state index in [1.807, 2.05) is 18.2 Å². The van der Waals surface area contributed by atoms with Crippen LogP contribution in [0.15, 0.2) is 18.2 Å². The number of hydrogen-bond donors (Lipinski definition) is 2. The normalized spacial score (nSPS) is 18.1. The third kappa shape index (κ3) is 6.74. The van der Waals surface area contributed by atoms with Crippen molar-refractivity contribution in [2.75, 3.05) is 59.3 Å². The van der Waals surface area contributed by atoms with Gasteiger partial charge in [-0.15, -0.1) is 24.8 Å². The van der Waals surface area contributed by atoms with Crippen LogP contribution in [-0.4, -0.2) is 85.4 Å². The Morgan fingerprint density at radius 3 is 2.46 bits per heavy atom. The second kappa shape index (κ2) is 11.8. The topological polar surface area (TPSA) is 74.6 Å². The lowest BCUT2D eigenvalue weighted by molar-refractivity contribution is 0.000497. The Kier molecular flexibility index (Phi) is 10.6. The van der Waals surface area contributed by atoms with Gasteiger partial charge in [-0.1, -0.05) is 6.07 Å². The summed E-state index contributed by atoms with van der Waals surface area (Å²) >= 11 is 0. The molecule has 3 rings (SSSR count). The predicted octanol–water partition coefficient (Wildman–Crippen LogP) is 0.746. The smallest absolute Gasteiger partial charge is 0.231 e. The van der Waals surface area contributed by atoms with E-state index in [0.29, 0.717) is 19.8 Å². The average molecular weight is 411 g/mol. The van der Waals surface area contributed by atoms with Crippen molar-refractivity contribution in [3.63, 3.8) is 0 Å². The molecule has 1 aromatic carbocycles. The maximum atomic E-state index is 10.1. The molecule has 2 N–H and O–H groups in total. The molecule has 1 saturated heterocycles. The van der Waals surface area contributed by atoms with Crippen LogP contribution in [0.1, 0.15) is 5.56 Å². The molecule has 1 aromatic rings. The lowest BCUT2D eigenvalue weighted by atomic mass is 10.2. The summed E-state index contributed by atoms with van der Waals surface area (Å²) in [4.78, 5) is 4.47. The van der Waals surface area contributed by atoms with Gasteiger partial charge in [0.25, 0.3) is 0 Å². The van der Waals surface area contributed by atoms with E-state index in [1.165, 1.54) is 0 Å². The largest absolute Gasteiger partial charge is 0.454 e. The number of aliphatic hydroxyl groups is 2. The van der Waals surface area contributed by atoms with Gasteiger partial charge in [-0.2, -0.15) is 0 Å². The summed E-state index contributed by atoms with van der Waals surface area (Å²) in [6.45, 7) is 6.28. The van der Waals surface area contributed by atoms with Crippen molar-refractivity contribution < 1.29 is 24.4 Å². The zero-order valence-electron chi connectivity index (χ0n) is 14.7. The molecule has 1 fully saturated rings. The van der Waals surface area contributed by atoms with Crippen LogP contribution in [0.25, 0.3) is 0 Å². The summed E-state index contributed by atoms with van der Waals surface area (Å²) in [5.74, 6) is 1.51. The maximum absolute atomic E-state index is 10.1. The summed E-state index contributed by atoms with van der Waals surface area (Å²) in [7, 11) is 0. The van der Waals surface area contributed by atoms with Gasteiger partial charge in [-0.25, -0.2) is 0 Å². The number of rotatable bonds is 8. The summed E-state index contributed by atoms with van der Waals surface area (Å²) < 4.78 is 16.2. The number of fused-ring (bicyclic) bond motifs is 1.